The van der Waals surface area contributed by atoms with Crippen molar-refractivity contribution in [1.29, 1.82) is 5.26 Å². The molecule has 9 heteroatoms. The second kappa shape index (κ2) is 7.08. The van der Waals surface area contributed by atoms with Crippen molar-refractivity contribution in [2.75, 3.05) is 0 Å². The summed E-state index contributed by atoms with van der Waals surface area (Å²) in [7, 11) is 0. The van der Waals surface area contributed by atoms with Gasteiger partial charge in [0.25, 0.3) is 11.6 Å². The van der Waals surface area contributed by atoms with Crippen LogP contribution in [0.15, 0.2) is 52.4 Å². The normalized spacial score (nSPS) is 14.8. The van der Waals surface area contributed by atoms with Crippen molar-refractivity contribution in [2.45, 2.75) is 0 Å². The quantitative estimate of drug-likeness (QED) is 0.499. The van der Waals surface area contributed by atoms with E-state index in [1.54, 1.807) is 30.3 Å². The lowest BCUT2D eigenvalue weighted by Gasteiger charge is -2.07. The lowest BCUT2D eigenvalue weighted by molar-refractivity contribution is -0.384. The third kappa shape index (κ3) is 3.71. The second-order valence-corrected chi connectivity index (χ2v) is 6.15. The van der Waals surface area contributed by atoms with Crippen molar-refractivity contribution in [2.24, 2.45) is 10.7 Å². The molecule has 0 radical (unpaired) electrons. The predicted octanol–water partition coefficient (Wildman–Crippen LogP) is 3.19. The average Bonchev–Trinajstić information content (AvgIpc) is 2.94. The first-order valence-electron chi connectivity index (χ1n) is 7.21. The summed E-state index contributed by atoms with van der Waals surface area (Å²) in [4.78, 5) is 25.8. The number of nitro benzene ring substituents is 1. The van der Waals surface area contributed by atoms with Gasteiger partial charge in [0.05, 0.1) is 9.83 Å². The molecule has 0 saturated carbocycles. The molecule has 0 atom stereocenters. The van der Waals surface area contributed by atoms with Gasteiger partial charge < -0.3 is 10.5 Å². The molecule has 1 aliphatic rings. The SMILES string of the molecule is N#Cc1cc([N+](=O)[O-])ccc1Oc1ccc(/C=C2\SC(N)=NC2=O)cc1. The monoisotopic (exact) mass is 366 g/mol. The van der Waals surface area contributed by atoms with E-state index in [-0.39, 0.29) is 28.1 Å². The van der Waals surface area contributed by atoms with Crippen LogP contribution in [0.4, 0.5) is 5.69 Å². The van der Waals surface area contributed by atoms with Gasteiger partial charge in [-0.05, 0) is 41.6 Å². The number of ether oxygens (including phenoxy) is 1. The number of carbonyl (C=O) groups is 1. The number of amides is 1. The van der Waals surface area contributed by atoms with Gasteiger partial charge in [-0.2, -0.15) is 10.3 Å². The van der Waals surface area contributed by atoms with E-state index in [0.29, 0.717) is 10.7 Å². The highest BCUT2D eigenvalue weighted by atomic mass is 32.2. The zero-order chi connectivity index (χ0) is 18.7. The summed E-state index contributed by atoms with van der Waals surface area (Å²) in [6.07, 6.45) is 1.66. The van der Waals surface area contributed by atoms with Gasteiger partial charge in [0, 0.05) is 12.1 Å². The Bertz CT molecular complexity index is 1010. The molecule has 2 N–H and O–H groups in total. The van der Waals surface area contributed by atoms with Crippen LogP contribution in [0.1, 0.15) is 11.1 Å². The Morgan fingerprint density at radius 2 is 2.00 bits per heavy atom. The topological polar surface area (TPSA) is 132 Å². The van der Waals surface area contributed by atoms with Crippen LogP contribution >= 0.6 is 11.8 Å². The number of carbonyl (C=O) groups excluding carboxylic acids is 1. The van der Waals surface area contributed by atoms with Gasteiger partial charge >= 0.3 is 0 Å². The van der Waals surface area contributed by atoms with E-state index < -0.39 is 4.92 Å². The Morgan fingerprint density at radius 3 is 2.58 bits per heavy atom. The van der Waals surface area contributed by atoms with Crippen LogP contribution in [-0.2, 0) is 4.79 Å². The van der Waals surface area contributed by atoms with E-state index in [1.165, 1.54) is 12.1 Å². The Kier molecular flexibility index (Phi) is 4.68. The first kappa shape index (κ1) is 17.2. The summed E-state index contributed by atoms with van der Waals surface area (Å²) < 4.78 is 5.62. The van der Waals surface area contributed by atoms with Gasteiger partial charge in [0.1, 0.15) is 23.1 Å². The number of nitriles is 1. The van der Waals surface area contributed by atoms with Gasteiger partial charge in [0.2, 0.25) is 0 Å². The summed E-state index contributed by atoms with van der Waals surface area (Å²) in [6.45, 7) is 0. The van der Waals surface area contributed by atoms with E-state index >= 15 is 0 Å². The van der Waals surface area contributed by atoms with E-state index in [1.807, 2.05) is 6.07 Å². The van der Waals surface area contributed by atoms with Gasteiger partial charge in [0.15, 0.2) is 5.17 Å². The van der Waals surface area contributed by atoms with Crippen molar-refractivity contribution in [3.63, 3.8) is 0 Å². The van der Waals surface area contributed by atoms with Crippen molar-refractivity contribution >= 4 is 34.6 Å². The Labute approximate surface area is 151 Å². The summed E-state index contributed by atoms with van der Waals surface area (Å²) in [5.41, 5.74) is 6.13. The van der Waals surface area contributed by atoms with Gasteiger partial charge in [-0.15, -0.1) is 0 Å². The van der Waals surface area contributed by atoms with E-state index in [4.69, 9.17) is 15.7 Å². The molecule has 0 spiro atoms. The summed E-state index contributed by atoms with van der Waals surface area (Å²) in [5.74, 6) is 0.281. The number of nitrogens with two attached hydrogens (primary N) is 1. The van der Waals surface area contributed by atoms with Crippen LogP contribution in [-0.4, -0.2) is 16.0 Å². The Hall–Kier alpha value is -3.64. The van der Waals surface area contributed by atoms with Gasteiger partial charge in [-0.25, -0.2) is 0 Å². The molecular formula is C17H10N4O4S. The van der Waals surface area contributed by atoms with Crippen LogP contribution in [0.25, 0.3) is 6.08 Å². The number of hydrogen-bond donors (Lipinski definition) is 1. The van der Waals surface area contributed by atoms with Crippen LogP contribution in [0.5, 0.6) is 11.5 Å². The molecule has 2 aromatic carbocycles. The van der Waals surface area contributed by atoms with Crippen LogP contribution in [0.2, 0.25) is 0 Å². The second-order valence-electron chi connectivity index (χ2n) is 5.09. The number of nitro groups is 1. The minimum Gasteiger partial charge on any atom is -0.456 e. The number of aliphatic imine (C=N–C) groups is 1. The number of amidine groups is 1. The highest BCUT2D eigenvalue weighted by Crippen LogP contribution is 2.30. The van der Waals surface area contributed by atoms with E-state index in [0.717, 1.165) is 23.4 Å². The lowest BCUT2D eigenvalue weighted by atomic mass is 10.2. The fourth-order valence-corrected chi connectivity index (χ4v) is 2.83. The van der Waals surface area contributed by atoms with E-state index in [9.17, 15) is 14.9 Å². The molecule has 0 aliphatic carbocycles. The molecule has 128 valence electrons. The summed E-state index contributed by atoms with van der Waals surface area (Å²) in [5, 5.41) is 20.1. The summed E-state index contributed by atoms with van der Waals surface area (Å²) >= 11 is 1.10. The maximum atomic E-state index is 11.6. The molecule has 3 rings (SSSR count). The smallest absolute Gasteiger partial charge is 0.286 e. The fraction of sp³-hybridized carbons (Fsp3) is 0. The zero-order valence-corrected chi connectivity index (χ0v) is 13.9. The summed E-state index contributed by atoms with van der Waals surface area (Å²) in [6, 6.07) is 12.4. The predicted molar refractivity (Wildman–Crippen MR) is 96.5 cm³/mol. The average molecular weight is 366 g/mol. The number of non-ortho nitro benzene ring substituents is 1. The molecule has 1 amide bonds. The van der Waals surface area contributed by atoms with Gasteiger partial charge in [-0.1, -0.05) is 12.1 Å². The third-order valence-corrected chi connectivity index (χ3v) is 4.15. The van der Waals surface area contributed by atoms with Crippen molar-refractivity contribution < 1.29 is 14.5 Å². The third-order valence-electron chi connectivity index (χ3n) is 3.34. The molecular weight excluding hydrogens is 356 g/mol. The van der Waals surface area contributed by atoms with Crippen molar-refractivity contribution in [1.82, 2.24) is 0 Å². The van der Waals surface area contributed by atoms with Crippen LogP contribution in [0, 0.1) is 21.4 Å². The zero-order valence-electron chi connectivity index (χ0n) is 13.1. The number of benzene rings is 2. The van der Waals surface area contributed by atoms with Crippen molar-refractivity contribution in [3.05, 3.63) is 68.6 Å². The lowest BCUT2D eigenvalue weighted by Crippen LogP contribution is -2.01. The largest absolute Gasteiger partial charge is 0.456 e. The molecule has 1 aliphatic heterocycles. The van der Waals surface area contributed by atoms with Crippen LogP contribution < -0.4 is 10.5 Å². The maximum absolute atomic E-state index is 11.6. The highest BCUT2D eigenvalue weighted by molar-refractivity contribution is 8.18. The van der Waals surface area contributed by atoms with Crippen LogP contribution in [0.3, 0.4) is 0 Å². The molecule has 0 fully saturated rings. The molecule has 0 bridgehead atoms. The molecule has 0 unspecified atom stereocenters. The maximum Gasteiger partial charge on any atom is 0.286 e. The minimum atomic E-state index is -0.578. The van der Waals surface area contributed by atoms with Gasteiger partial charge in [-0.3, -0.25) is 14.9 Å². The molecule has 1 heterocycles. The Balaban J connectivity index is 1.78. The fourth-order valence-electron chi connectivity index (χ4n) is 2.14. The molecule has 8 nitrogen and oxygen atoms in total. The number of hydrogen-bond acceptors (Lipinski definition) is 7. The molecule has 26 heavy (non-hydrogen) atoms. The highest BCUT2D eigenvalue weighted by Gasteiger charge is 2.19. The number of thioether (sulfide) groups is 1. The number of nitrogens with zero attached hydrogens (tertiary/aromatic N) is 3. The molecule has 0 aromatic heterocycles. The first-order chi connectivity index (χ1) is 12.5. The van der Waals surface area contributed by atoms with Crippen molar-refractivity contribution in [3.8, 4) is 17.6 Å². The van der Waals surface area contributed by atoms with E-state index in [2.05, 4.69) is 4.99 Å². The Morgan fingerprint density at radius 1 is 1.27 bits per heavy atom. The standard InChI is InChI=1S/C17H10N4O4S/c18-9-11-8-12(21(23)24)3-6-14(11)25-13-4-1-10(2-5-13)7-15-16(22)20-17(19)26-15/h1-8H,(H2,19,20,22)/b15-7-. The number of rotatable bonds is 4. The first-order valence-corrected chi connectivity index (χ1v) is 8.02. The molecule has 0 saturated heterocycles. The minimum absolute atomic E-state index is 0.0611. The molecule has 2 aromatic rings.